The third-order valence-corrected chi connectivity index (χ3v) is 4.40. The Labute approximate surface area is 135 Å². The summed E-state index contributed by atoms with van der Waals surface area (Å²) in [5.74, 6) is 0.589. The fourth-order valence-electron chi connectivity index (χ4n) is 1.60. The van der Waals surface area contributed by atoms with E-state index in [9.17, 15) is 10.1 Å². The Morgan fingerprint density at radius 2 is 2.05 bits per heavy atom. The van der Waals surface area contributed by atoms with Crippen LogP contribution in [0.3, 0.4) is 0 Å². The van der Waals surface area contributed by atoms with Crippen molar-refractivity contribution in [2.45, 2.75) is 17.6 Å². The molecule has 0 bridgehead atoms. The van der Waals surface area contributed by atoms with Crippen LogP contribution in [0.2, 0.25) is 10.3 Å². The van der Waals surface area contributed by atoms with Crippen LogP contribution in [0.1, 0.15) is 5.56 Å². The number of thioether (sulfide) groups is 1. The molecule has 0 aliphatic carbocycles. The molecule has 0 unspecified atom stereocenters. The second kappa shape index (κ2) is 7.13. The van der Waals surface area contributed by atoms with Crippen LogP contribution in [-0.4, -0.2) is 21.6 Å². The molecule has 0 spiro atoms. The fraction of sp³-hybridized carbons (Fsp3) is 0.250. The van der Waals surface area contributed by atoms with Crippen molar-refractivity contribution in [3.05, 3.63) is 50.2 Å². The van der Waals surface area contributed by atoms with Gasteiger partial charge in [-0.05, 0) is 5.56 Å². The number of methoxy groups -OCH3 is 1. The van der Waals surface area contributed by atoms with Crippen LogP contribution >= 0.6 is 35.0 Å². The Morgan fingerprint density at radius 3 is 2.62 bits per heavy atom. The summed E-state index contributed by atoms with van der Waals surface area (Å²) in [5, 5.41) is 11.8. The highest BCUT2D eigenvalue weighted by Gasteiger charge is 2.14. The van der Waals surface area contributed by atoms with Crippen molar-refractivity contribution >= 4 is 40.7 Å². The first-order valence-corrected chi connectivity index (χ1v) is 7.53. The molecule has 2 rings (SSSR count). The number of rotatable bonds is 6. The van der Waals surface area contributed by atoms with Crippen molar-refractivity contribution in [1.82, 2.24) is 9.55 Å². The van der Waals surface area contributed by atoms with Gasteiger partial charge in [0.15, 0.2) is 15.5 Å². The maximum atomic E-state index is 10.6. The first-order valence-electron chi connectivity index (χ1n) is 5.79. The molecule has 0 amide bonds. The van der Waals surface area contributed by atoms with Gasteiger partial charge >= 0.3 is 0 Å². The normalized spacial score (nSPS) is 10.8. The van der Waals surface area contributed by atoms with Crippen molar-refractivity contribution in [3.63, 3.8) is 0 Å². The maximum Gasteiger partial charge on any atom is 0.269 e. The van der Waals surface area contributed by atoms with Gasteiger partial charge in [-0.2, -0.15) is 0 Å². The van der Waals surface area contributed by atoms with Crippen LogP contribution in [0.15, 0.2) is 29.4 Å². The van der Waals surface area contributed by atoms with Gasteiger partial charge in [-0.15, -0.1) is 0 Å². The minimum absolute atomic E-state index is 0.0655. The van der Waals surface area contributed by atoms with E-state index in [2.05, 4.69) is 4.98 Å². The molecule has 0 aliphatic rings. The van der Waals surface area contributed by atoms with E-state index in [4.69, 9.17) is 27.9 Å². The first kappa shape index (κ1) is 16.1. The van der Waals surface area contributed by atoms with Gasteiger partial charge in [-0.3, -0.25) is 14.7 Å². The number of nitro benzene ring substituents is 1. The Morgan fingerprint density at radius 1 is 1.38 bits per heavy atom. The maximum absolute atomic E-state index is 10.6. The minimum atomic E-state index is -0.429. The average molecular weight is 348 g/mol. The lowest BCUT2D eigenvalue weighted by Gasteiger charge is -2.07. The molecule has 2 aromatic rings. The number of benzene rings is 1. The second-order valence-corrected chi connectivity index (χ2v) is 5.69. The van der Waals surface area contributed by atoms with E-state index in [1.807, 2.05) is 0 Å². The van der Waals surface area contributed by atoms with Gasteiger partial charge < -0.3 is 4.74 Å². The van der Waals surface area contributed by atoms with Crippen LogP contribution in [0, 0.1) is 10.1 Å². The molecule has 0 saturated heterocycles. The van der Waals surface area contributed by atoms with E-state index >= 15 is 0 Å². The number of non-ortho nitro benzene ring substituents is 1. The molecule has 9 heteroatoms. The van der Waals surface area contributed by atoms with Crippen molar-refractivity contribution in [2.24, 2.45) is 0 Å². The number of hydrogen-bond donors (Lipinski definition) is 0. The summed E-state index contributed by atoms with van der Waals surface area (Å²) in [6.45, 7) is 0.251. The van der Waals surface area contributed by atoms with Crippen LogP contribution in [0.5, 0.6) is 0 Å². The zero-order valence-corrected chi connectivity index (χ0v) is 13.3. The van der Waals surface area contributed by atoms with Gasteiger partial charge in [0.05, 0.1) is 4.92 Å². The number of hydrogen-bond acceptors (Lipinski definition) is 5. The number of nitrogens with zero attached hydrogens (tertiary/aromatic N) is 3. The first-order chi connectivity index (χ1) is 10.0. The van der Waals surface area contributed by atoms with Crippen molar-refractivity contribution in [3.8, 4) is 0 Å². The Kier molecular flexibility index (Phi) is 5.46. The Bertz CT molecular complexity index is 646. The largest absolute Gasteiger partial charge is 0.364 e. The van der Waals surface area contributed by atoms with E-state index < -0.39 is 4.92 Å². The molecule has 0 aliphatic heterocycles. The average Bonchev–Trinajstić information content (AvgIpc) is 2.74. The van der Waals surface area contributed by atoms with E-state index in [0.717, 1.165) is 5.56 Å². The molecule has 1 aromatic carbocycles. The third kappa shape index (κ3) is 3.88. The predicted molar refractivity (Wildman–Crippen MR) is 81.9 cm³/mol. The predicted octanol–water partition coefficient (Wildman–Crippen LogP) is 3.99. The number of aromatic nitrogens is 2. The molecule has 1 aromatic heterocycles. The number of ether oxygens (including phenoxy) is 1. The molecule has 0 fully saturated rings. The minimum Gasteiger partial charge on any atom is -0.364 e. The molecular weight excluding hydrogens is 337 g/mol. The summed E-state index contributed by atoms with van der Waals surface area (Å²) in [6.07, 6.45) is 0. The van der Waals surface area contributed by atoms with Crippen LogP contribution in [-0.2, 0) is 17.2 Å². The van der Waals surface area contributed by atoms with Crippen LogP contribution in [0.4, 0.5) is 5.69 Å². The summed E-state index contributed by atoms with van der Waals surface area (Å²) in [7, 11) is 1.55. The third-order valence-electron chi connectivity index (χ3n) is 2.61. The number of nitro groups is 1. The zero-order chi connectivity index (χ0) is 15.4. The lowest BCUT2D eigenvalue weighted by molar-refractivity contribution is -0.384. The summed E-state index contributed by atoms with van der Waals surface area (Å²) >= 11 is 13.4. The second-order valence-electron chi connectivity index (χ2n) is 4.03. The van der Waals surface area contributed by atoms with Gasteiger partial charge in [0.25, 0.3) is 5.69 Å². The van der Waals surface area contributed by atoms with E-state index in [1.54, 1.807) is 23.8 Å². The SMILES string of the molecule is COCn1c(SCc2ccc([N+](=O)[O-])cc2)nc(Cl)c1Cl. The van der Waals surface area contributed by atoms with Crippen molar-refractivity contribution < 1.29 is 9.66 Å². The number of imidazole rings is 1. The highest BCUT2D eigenvalue weighted by atomic mass is 35.5. The Hall–Kier alpha value is -1.28. The summed E-state index contributed by atoms with van der Waals surface area (Å²) in [6, 6.07) is 6.35. The van der Waals surface area contributed by atoms with Gasteiger partial charge in [0.1, 0.15) is 6.73 Å². The lowest BCUT2D eigenvalue weighted by atomic mass is 10.2. The summed E-state index contributed by atoms with van der Waals surface area (Å²) in [5.41, 5.74) is 1.00. The quantitative estimate of drug-likeness (QED) is 0.448. The zero-order valence-electron chi connectivity index (χ0n) is 11.0. The highest BCUT2D eigenvalue weighted by Crippen LogP contribution is 2.30. The molecule has 0 N–H and O–H groups in total. The highest BCUT2D eigenvalue weighted by molar-refractivity contribution is 7.98. The van der Waals surface area contributed by atoms with Gasteiger partial charge in [-0.1, -0.05) is 47.1 Å². The molecule has 0 radical (unpaired) electrons. The smallest absolute Gasteiger partial charge is 0.269 e. The standard InChI is InChI=1S/C12H11Cl2N3O3S/c1-20-7-16-11(14)10(13)15-12(16)21-6-8-2-4-9(5-3-8)17(18)19/h2-5H,6-7H2,1H3. The summed E-state index contributed by atoms with van der Waals surface area (Å²) < 4.78 is 6.70. The van der Waals surface area contributed by atoms with Gasteiger partial charge in [-0.25, -0.2) is 4.98 Å². The van der Waals surface area contributed by atoms with E-state index in [-0.39, 0.29) is 17.6 Å². The van der Waals surface area contributed by atoms with Crippen LogP contribution < -0.4 is 0 Å². The van der Waals surface area contributed by atoms with E-state index in [0.29, 0.717) is 16.1 Å². The van der Waals surface area contributed by atoms with Crippen molar-refractivity contribution in [1.29, 1.82) is 0 Å². The van der Waals surface area contributed by atoms with Gasteiger partial charge in [0, 0.05) is 25.0 Å². The molecular formula is C12H11Cl2N3O3S. The number of halogens is 2. The van der Waals surface area contributed by atoms with E-state index in [1.165, 1.54) is 23.9 Å². The molecule has 0 atom stereocenters. The molecule has 6 nitrogen and oxygen atoms in total. The molecule has 112 valence electrons. The van der Waals surface area contributed by atoms with Crippen LogP contribution in [0.25, 0.3) is 0 Å². The fourth-order valence-corrected chi connectivity index (χ4v) is 3.00. The lowest BCUT2D eigenvalue weighted by Crippen LogP contribution is -2.01. The Balaban J connectivity index is 2.09. The monoisotopic (exact) mass is 347 g/mol. The molecule has 1 heterocycles. The van der Waals surface area contributed by atoms with Crippen molar-refractivity contribution in [2.75, 3.05) is 7.11 Å². The molecule has 0 saturated carbocycles. The van der Waals surface area contributed by atoms with Gasteiger partial charge in [0.2, 0.25) is 0 Å². The topological polar surface area (TPSA) is 70.2 Å². The molecule has 21 heavy (non-hydrogen) atoms. The summed E-state index contributed by atoms with van der Waals surface area (Å²) in [4.78, 5) is 14.3.